The highest BCUT2D eigenvalue weighted by Gasteiger charge is 2.25. The summed E-state index contributed by atoms with van der Waals surface area (Å²) in [7, 11) is 0. The van der Waals surface area contributed by atoms with E-state index in [1.54, 1.807) is 13.8 Å². The topological polar surface area (TPSA) is 136 Å². The maximum atomic E-state index is 11.9. The van der Waals surface area contributed by atoms with Crippen molar-refractivity contribution < 1.29 is 29.4 Å². The molecule has 3 amide bonds. The first-order chi connectivity index (χ1) is 9.72. The minimum absolute atomic E-state index is 0.305. The van der Waals surface area contributed by atoms with Crippen LogP contribution < -0.4 is 10.6 Å². The van der Waals surface area contributed by atoms with Crippen molar-refractivity contribution >= 4 is 23.9 Å². The molecule has 0 saturated carbocycles. The van der Waals surface area contributed by atoms with Gasteiger partial charge in [-0.1, -0.05) is 0 Å². The third kappa shape index (κ3) is 6.59. The standard InChI is InChI=1S/C12H21N3O6/c1-4-15(5-2)10(18)7(3)13-12(21)14-8(11(19)20)6-9(16)17/h7-8H,4-6H2,1-3H3,(H,16,17)(H,19,20)(H2,13,14,21). The smallest absolute Gasteiger partial charge is 0.326 e. The highest BCUT2D eigenvalue weighted by atomic mass is 16.4. The molecular weight excluding hydrogens is 282 g/mol. The number of carboxylic acid groups (broad SMARTS) is 2. The van der Waals surface area contributed by atoms with E-state index in [1.807, 2.05) is 5.32 Å². The Bertz CT molecular complexity index is 408. The highest BCUT2D eigenvalue weighted by Crippen LogP contribution is 1.96. The molecule has 0 bridgehead atoms. The molecule has 0 heterocycles. The van der Waals surface area contributed by atoms with Gasteiger partial charge >= 0.3 is 18.0 Å². The van der Waals surface area contributed by atoms with E-state index in [2.05, 4.69) is 5.32 Å². The summed E-state index contributed by atoms with van der Waals surface area (Å²) >= 11 is 0. The van der Waals surface area contributed by atoms with Crippen molar-refractivity contribution in [2.45, 2.75) is 39.3 Å². The lowest BCUT2D eigenvalue weighted by Crippen LogP contribution is -2.53. The number of carbonyl (C=O) groups excluding carboxylic acids is 2. The molecule has 0 aromatic heterocycles. The number of urea groups is 1. The first-order valence-corrected chi connectivity index (χ1v) is 6.53. The number of carbonyl (C=O) groups is 4. The van der Waals surface area contributed by atoms with Crippen LogP contribution in [0, 0.1) is 0 Å². The molecule has 0 rings (SSSR count). The summed E-state index contributed by atoms with van der Waals surface area (Å²) in [5.74, 6) is -3.12. The Balaban J connectivity index is 4.56. The van der Waals surface area contributed by atoms with Crippen LogP contribution in [0.15, 0.2) is 0 Å². The molecule has 0 radical (unpaired) electrons. The minimum atomic E-state index is -1.56. The fraction of sp³-hybridized carbons (Fsp3) is 0.667. The Morgan fingerprint density at radius 2 is 1.57 bits per heavy atom. The quantitative estimate of drug-likeness (QED) is 0.476. The predicted octanol–water partition coefficient (Wildman–Crippen LogP) is -0.530. The zero-order valence-corrected chi connectivity index (χ0v) is 12.3. The van der Waals surface area contributed by atoms with Gasteiger partial charge in [-0.05, 0) is 20.8 Å². The fourth-order valence-electron chi connectivity index (χ4n) is 1.64. The molecule has 21 heavy (non-hydrogen) atoms. The van der Waals surface area contributed by atoms with Gasteiger partial charge in [-0.25, -0.2) is 9.59 Å². The summed E-state index contributed by atoms with van der Waals surface area (Å²) in [6, 6.07) is -3.31. The van der Waals surface area contributed by atoms with Crippen LogP contribution in [0.5, 0.6) is 0 Å². The fourth-order valence-corrected chi connectivity index (χ4v) is 1.64. The summed E-state index contributed by atoms with van der Waals surface area (Å²) in [5, 5.41) is 21.7. The number of amides is 3. The van der Waals surface area contributed by atoms with Crippen LogP contribution >= 0.6 is 0 Å². The van der Waals surface area contributed by atoms with Crippen molar-refractivity contribution in [3.8, 4) is 0 Å². The predicted molar refractivity (Wildman–Crippen MR) is 72.7 cm³/mol. The van der Waals surface area contributed by atoms with Crippen LogP contribution in [0.2, 0.25) is 0 Å². The minimum Gasteiger partial charge on any atom is -0.481 e. The number of carboxylic acids is 2. The molecule has 0 fully saturated rings. The van der Waals surface area contributed by atoms with E-state index in [9.17, 15) is 19.2 Å². The maximum Gasteiger partial charge on any atom is 0.326 e. The second kappa shape index (κ2) is 8.77. The van der Waals surface area contributed by atoms with Crippen LogP contribution in [-0.2, 0) is 14.4 Å². The van der Waals surface area contributed by atoms with Crippen molar-refractivity contribution in [2.24, 2.45) is 0 Å². The van der Waals surface area contributed by atoms with Gasteiger partial charge in [-0.15, -0.1) is 0 Å². The van der Waals surface area contributed by atoms with Crippen molar-refractivity contribution in [1.29, 1.82) is 0 Å². The van der Waals surface area contributed by atoms with Crippen molar-refractivity contribution in [3.63, 3.8) is 0 Å². The SMILES string of the molecule is CCN(CC)C(=O)C(C)NC(=O)NC(CC(=O)O)C(=O)O. The summed E-state index contributed by atoms with van der Waals surface area (Å²) in [4.78, 5) is 46.3. The average Bonchev–Trinajstić information content (AvgIpc) is 2.38. The van der Waals surface area contributed by atoms with E-state index in [4.69, 9.17) is 10.2 Å². The van der Waals surface area contributed by atoms with Gasteiger partial charge in [0.1, 0.15) is 12.1 Å². The van der Waals surface area contributed by atoms with Crippen LogP contribution in [0.3, 0.4) is 0 Å². The molecule has 0 saturated heterocycles. The van der Waals surface area contributed by atoms with Crippen molar-refractivity contribution in [1.82, 2.24) is 15.5 Å². The van der Waals surface area contributed by atoms with Crippen LogP contribution in [0.1, 0.15) is 27.2 Å². The number of hydrogen-bond acceptors (Lipinski definition) is 4. The van der Waals surface area contributed by atoms with Crippen LogP contribution in [0.25, 0.3) is 0 Å². The third-order valence-electron chi connectivity index (χ3n) is 2.78. The molecule has 0 aromatic rings. The lowest BCUT2D eigenvalue weighted by atomic mass is 10.2. The van der Waals surface area contributed by atoms with E-state index in [0.717, 1.165) is 0 Å². The second-order valence-corrected chi connectivity index (χ2v) is 4.34. The van der Waals surface area contributed by atoms with E-state index in [1.165, 1.54) is 11.8 Å². The number of hydrogen-bond donors (Lipinski definition) is 4. The van der Waals surface area contributed by atoms with Gasteiger partial charge in [0.15, 0.2) is 0 Å². The first-order valence-electron chi connectivity index (χ1n) is 6.53. The van der Waals surface area contributed by atoms with Gasteiger partial charge in [0, 0.05) is 13.1 Å². The Hall–Kier alpha value is -2.32. The molecule has 2 unspecified atom stereocenters. The molecule has 9 nitrogen and oxygen atoms in total. The Morgan fingerprint density at radius 1 is 1.05 bits per heavy atom. The van der Waals surface area contributed by atoms with Crippen molar-refractivity contribution in [3.05, 3.63) is 0 Å². The zero-order chi connectivity index (χ0) is 16.6. The lowest BCUT2D eigenvalue weighted by molar-refractivity contribution is -0.145. The largest absolute Gasteiger partial charge is 0.481 e. The van der Waals surface area contributed by atoms with Gasteiger partial charge in [0.05, 0.1) is 6.42 Å². The molecule has 0 aliphatic carbocycles. The molecule has 4 N–H and O–H groups in total. The maximum absolute atomic E-state index is 11.9. The van der Waals surface area contributed by atoms with Gasteiger partial charge in [0.2, 0.25) is 5.91 Å². The Morgan fingerprint density at radius 3 is 1.95 bits per heavy atom. The normalized spacial score (nSPS) is 12.9. The zero-order valence-electron chi connectivity index (χ0n) is 12.3. The number of nitrogens with zero attached hydrogens (tertiary/aromatic N) is 1. The summed E-state index contributed by atoms with van der Waals surface area (Å²) in [6.45, 7) is 6.02. The molecule has 120 valence electrons. The third-order valence-corrected chi connectivity index (χ3v) is 2.78. The highest BCUT2D eigenvalue weighted by molar-refractivity contribution is 5.89. The molecule has 9 heteroatoms. The van der Waals surface area contributed by atoms with E-state index >= 15 is 0 Å². The van der Waals surface area contributed by atoms with Crippen LogP contribution in [0.4, 0.5) is 4.79 Å². The van der Waals surface area contributed by atoms with E-state index in [-0.39, 0.29) is 5.91 Å². The summed E-state index contributed by atoms with van der Waals surface area (Å²) in [5.41, 5.74) is 0. The summed E-state index contributed by atoms with van der Waals surface area (Å²) < 4.78 is 0. The number of rotatable bonds is 8. The van der Waals surface area contributed by atoms with Gasteiger partial charge in [-0.3, -0.25) is 9.59 Å². The van der Waals surface area contributed by atoms with Crippen molar-refractivity contribution in [2.75, 3.05) is 13.1 Å². The molecule has 0 aliphatic rings. The monoisotopic (exact) mass is 303 g/mol. The summed E-state index contributed by atoms with van der Waals surface area (Å²) in [6.07, 6.45) is -0.749. The molecule has 0 aliphatic heterocycles. The average molecular weight is 303 g/mol. The van der Waals surface area contributed by atoms with E-state index < -0.39 is 36.5 Å². The number of nitrogens with one attached hydrogen (secondary N) is 2. The number of likely N-dealkylation sites (N-methyl/N-ethyl adjacent to an activating group) is 1. The molecule has 0 aromatic carbocycles. The van der Waals surface area contributed by atoms with Gasteiger partial charge in [-0.2, -0.15) is 0 Å². The molecule has 2 atom stereocenters. The first kappa shape index (κ1) is 18.7. The number of aliphatic carboxylic acids is 2. The molecular formula is C12H21N3O6. The lowest BCUT2D eigenvalue weighted by Gasteiger charge is -2.24. The molecule has 0 spiro atoms. The van der Waals surface area contributed by atoms with Gasteiger partial charge < -0.3 is 25.7 Å². The van der Waals surface area contributed by atoms with Gasteiger partial charge in [0.25, 0.3) is 0 Å². The Labute approximate surface area is 122 Å². The van der Waals surface area contributed by atoms with Crippen LogP contribution in [-0.4, -0.2) is 64.2 Å². The second-order valence-electron chi connectivity index (χ2n) is 4.34. The van der Waals surface area contributed by atoms with E-state index in [0.29, 0.717) is 13.1 Å². The Kier molecular flexibility index (Phi) is 7.80.